The van der Waals surface area contributed by atoms with E-state index < -0.39 is 24.2 Å². The van der Waals surface area contributed by atoms with Crippen LogP contribution in [0.4, 0.5) is 18.9 Å². The second-order valence-corrected chi connectivity index (χ2v) is 6.96. The number of benzene rings is 2. The van der Waals surface area contributed by atoms with Gasteiger partial charge in [-0.15, -0.1) is 0 Å². The predicted octanol–water partition coefficient (Wildman–Crippen LogP) is 3.56. The molecule has 0 fully saturated rings. The molecule has 3 rings (SSSR count). The summed E-state index contributed by atoms with van der Waals surface area (Å²) in [6.07, 6.45) is -5.90. The first-order valence-electron chi connectivity index (χ1n) is 8.58. The zero-order valence-corrected chi connectivity index (χ0v) is 15.7. The molecule has 0 saturated heterocycles. The molecule has 0 spiro atoms. The first kappa shape index (κ1) is 19.9. The molecule has 2 aromatic rings. The van der Waals surface area contributed by atoms with Crippen LogP contribution in [0.3, 0.4) is 0 Å². The van der Waals surface area contributed by atoms with Crippen LogP contribution in [0.5, 0.6) is 0 Å². The summed E-state index contributed by atoms with van der Waals surface area (Å²) in [6.45, 7) is 1.85. The molecule has 0 radical (unpaired) electrons. The van der Waals surface area contributed by atoms with E-state index in [-0.39, 0.29) is 16.3 Å². The number of rotatable bonds is 3. The maximum atomic E-state index is 13.7. The highest BCUT2D eigenvalue weighted by atomic mass is 19.4. The van der Waals surface area contributed by atoms with Crippen LogP contribution in [0, 0.1) is 6.92 Å². The molecule has 1 aliphatic rings. The van der Waals surface area contributed by atoms with E-state index in [0.29, 0.717) is 5.56 Å². The lowest BCUT2D eigenvalue weighted by Crippen LogP contribution is -2.56. The lowest BCUT2D eigenvalue weighted by Gasteiger charge is -2.32. The van der Waals surface area contributed by atoms with Gasteiger partial charge in [0.2, 0.25) is 0 Å². The SMILES string of the molecule is Cc1ccc(C2=NN(C(=O)c3ccc(N(C)C)cc3)[C@](O)(C(F)(F)F)C2)cc1. The predicted molar refractivity (Wildman–Crippen MR) is 100 cm³/mol. The van der Waals surface area contributed by atoms with Crippen molar-refractivity contribution in [2.45, 2.75) is 25.2 Å². The zero-order chi connectivity index (χ0) is 20.7. The Morgan fingerprint density at radius 1 is 1.11 bits per heavy atom. The van der Waals surface area contributed by atoms with Crippen molar-refractivity contribution >= 4 is 17.3 Å². The van der Waals surface area contributed by atoms with Crippen LogP contribution in [-0.4, -0.2) is 47.7 Å². The molecule has 0 bridgehead atoms. The van der Waals surface area contributed by atoms with Crippen LogP contribution in [0.25, 0.3) is 0 Å². The number of hydrogen-bond donors (Lipinski definition) is 1. The lowest BCUT2D eigenvalue weighted by molar-refractivity contribution is -0.297. The van der Waals surface area contributed by atoms with Crippen LogP contribution in [0.15, 0.2) is 53.6 Å². The summed E-state index contributed by atoms with van der Waals surface area (Å²) in [5, 5.41) is 14.4. The third-order valence-corrected chi connectivity index (χ3v) is 4.65. The Bertz CT molecular complexity index is 906. The Balaban J connectivity index is 2.00. The molecule has 0 unspecified atom stereocenters. The van der Waals surface area contributed by atoms with Gasteiger partial charge in [0.05, 0.1) is 12.1 Å². The van der Waals surface area contributed by atoms with Crippen LogP contribution >= 0.6 is 0 Å². The third kappa shape index (κ3) is 3.47. The molecular weight excluding hydrogens is 371 g/mol. The Morgan fingerprint density at radius 3 is 2.18 bits per heavy atom. The Labute approximate surface area is 160 Å². The number of alkyl halides is 3. The molecule has 5 nitrogen and oxygen atoms in total. The molecule has 1 aliphatic heterocycles. The molecule has 1 amide bonds. The van der Waals surface area contributed by atoms with Crippen molar-refractivity contribution < 1.29 is 23.1 Å². The summed E-state index contributed by atoms with van der Waals surface area (Å²) < 4.78 is 41.0. The van der Waals surface area contributed by atoms with E-state index in [1.165, 1.54) is 12.1 Å². The lowest BCUT2D eigenvalue weighted by atomic mass is 10.00. The fourth-order valence-electron chi connectivity index (χ4n) is 2.91. The molecule has 1 atom stereocenters. The van der Waals surface area contributed by atoms with Gasteiger partial charge in [-0.3, -0.25) is 4.79 Å². The molecule has 0 aliphatic carbocycles. The topological polar surface area (TPSA) is 56.1 Å². The van der Waals surface area contributed by atoms with E-state index in [2.05, 4.69) is 5.10 Å². The molecular formula is C20H20F3N3O2. The van der Waals surface area contributed by atoms with Crippen molar-refractivity contribution in [3.05, 3.63) is 65.2 Å². The number of aryl methyl sites for hydroxylation is 1. The molecule has 1 heterocycles. The summed E-state index contributed by atoms with van der Waals surface area (Å²) in [7, 11) is 3.61. The summed E-state index contributed by atoms with van der Waals surface area (Å²) >= 11 is 0. The van der Waals surface area contributed by atoms with Gasteiger partial charge in [-0.1, -0.05) is 29.8 Å². The van der Waals surface area contributed by atoms with Crippen molar-refractivity contribution in [3.8, 4) is 0 Å². The minimum atomic E-state index is -5.07. The number of halogens is 3. The molecule has 2 aromatic carbocycles. The van der Waals surface area contributed by atoms with Crippen molar-refractivity contribution in [3.63, 3.8) is 0 Å². The number of amides is 1. The Kier molecular flexibility index (Phi) is 4.93. The van der Waals surface area contributed by atoms with Gasteiger partial charge in [0.15, 0.2) is 0 Å². The van der Waals surface area contributed by atoms with Crippen LogP contribution in [0.1, 0.15) is 27.9 Å². The first-order valence-corrected chi connectivity index (χ1v) is 8.58. The van der Waals surface area contributed by atoms with Gasteiger partial charge in [0.1, 0.15) is 0 Å². The number of anilines is 1. The molecule has 0 aromatic heterocycles. The van der Waals surface area contributed by atoms with Gasteiger partial charge in [-0.2, -0.15) is 23.3 Å². The van der Waals surface area contributed by atoms with Crippen LogP contribution in [0.2, 0.25) is 0 Å². The van der Waals surface area contributed by atoms with Crippen LogP contribution < -0.4 is 4.90 Å². The van der Waals surface area contributed by atoms with E-state index in [0.717, 1.165) is 11.3 Å². The van der Waals surface area contributed by atoms with Crippen molar-refractivity contribution in [2.24, 2.45) is 5.10 Å². The average Bonchev–Trinajstić information content (AvgIpc) is 3.00. The fraction of sp³-hybridized carbons (Fsp3) is 0.300. The molecule has 0 saturated carbocycles. The standard InChI is InChI=1S/C20H20F3N3O2/c1-13-4-6-14(7-5-13)17-12-19(28,20(21,22)23)26(24-17)18(27)15-8-10-16(11-9-15)25(2)3/h4-11,28H,12H2,1-3H3/t19-/m1/s1. The summed E-state index contributed by atoms with van der Waals surface area (Å²) in [5.41, 5.74) is -1.26. The highest BCUT2D eigenvalue weighted by Crippen LogP contribution is 2.42. The quantitative estimate of drug-likeness (QED) is 0.871. The number of hydrazone groups is 1. The minimum absolute atomic E-state index is 0.00177. The van der Waals surface area contributed by atoms with Gasteiger partial charge in [0.25, 0.3) is 11.6 Å². The number of aliphatic hydroxyl groups is 1. The third-order valence-electron chi connectivity index (χ3n) is 4.65. The zero-order valence-electron chi connectivity index (χ0n) is 15.7. The average molecular weight is 391 g/mol. The number of nitrogens with zero attached hydrogens (tertiary/aromatic N) is 3. The number of carbonyl (C=O) groups is 1. The van der Waals surface area contributed by atoms with Crippen molar-refractivity contribution in [1.82, 2.24) is 5.01 Å². The normalized spacial score (nSPS) is 19.5. The summed E-state index contributed by atoms with van der Waals surface area (Å²) in [4.78, 5) is 14.6. The largest absolute Gasteiger partial charge is 0.438 e. The summed E-state index contributed by atoms with van der Waals surface area (Å²) in [6, 6.07) is 12.7. The van der Waals surface area contributed by atoms with E-state index in [9.17, 15) is 23.1 Å². The second-order valence-electron chi connectivity index (χ2n) is 6.96. The fourth-order valence-corrected chi connectivity index (χ4v) is 2.91. The highest BCUT2D eigenvalue weighted by molar-refractivity contribution is 6.05. The molecule has 148 valence electrons. The molecule has 1 N–H and O–H groups in total. The van der Waals surface area contributed by atoms with Crippen molar-refractivity contribution in [2.75, 3.05) is 19.0 Å². The van der Waals surface area contributed by atoms with E-state index in [1.54, 1.807) is 55.4 Å². The highest BCUT2D eigenvalue weighted by Gasteiger charge is 2.63. The Morgan fingerprint density at radius 2 is 1.68 bits per heavy atom. The van der Waals surface area contributed by atoms with Crippen molar-refractivity contribution in [1.29, 1.82) is 0 Å². The van der Waals surface area contributed by atoms with Gasteiger partial charge in [-0.25, -0.2) is 0 Å². The monoisotopic (exact) mass is 391 g/mol. The van der Waals surface area contributed by atoms with Crippen LogP contribution in [-0.2, 0) is 0 Å². The maximum Gasteiger partial charge on any atom is 0.438 e. The van der Waals surface area contributed by atoms with E-state index in [4.69, 9.17) is 0 Å². The minimum Gasteiger partial charge on any atom is -0.378 e. The van der Waals surface area contributed by atoms with Gasteiger partial charge >= 0.3 is 6.18 Å². The van der Waals surface area contributed by atoms with E-state index >= 15 is 0 Å². The van der Waals surface area contributed by atoms with Gasteiger partial charge < -0.3 is 10.0 Å². The van der Waals surface area contributed by atoms with E-state index in [1.807, 2.05) is 6.92 Å². The number of hydrogen-bond acceptors (Lipinski definition) is 4. The molecule has 28 heavy (non-hydrogen) atoms. The van der Waals surface area contributed by atoms with Gasteiger partial charge in [0, 0.05) is 25.3 Å². The first-order chi connectivity index (χ1) is 13.0. The smallest absolute Gasteiger partial charge is 0.378 e. The second kappa shape index (κ2) is 6.94. The Hall–Kier alpha value is -2.87. The number of carbonyl (C=O) groups excluding carboxylic acids is 1. The maximum absolute atomic E-state index is 13.7. The molecule has 8 heteroatoms. The van der Waals surface area contributed by atoms with Gasteiger partial charge in [-0.05, 0) is 36.8 Å². The summed E-state index contributed by atoms with van der Waals surface area (Å²) in [5.74, 6) is -1.02.